The maximum Gasteiger partial charge on any atom is 0.310 e. The summed E-state index contributed by atoms with van der Waals surface area (Å²) in [5, 5.41) is 24.6. The van der Waals surface area contributed by atoms with Gasteiger partial charge in [0.2, 0.25) is 0 Å². The summed E-state index contributed by atoms with van der Waals surface area (Å²) < 4.78 is 0. The topological polar surface area (TPSA) is 94.8 Å². The van der Waals surface area contributed by atoms with E-state index in [-0.39, 0.29) is 24.4 Å². The molecule has 0 aliphatic heterocycles. The Balaban J connectivity index is -0.000000177. The minimum Gasteiger partial charge on any atom is -0.481 e. The van der Waals surface area contributed by atoms with Gasteiger partial charge in [-0.25, -0.2) is 0 Å². The minimum absolute atomic E-state index is 0.116. The van der Waals surface area contributed by atoms with Gasteiger partial charge in [0.15, 0.2) is 0 Å². The Labute approximate surface area is 103 Å². The highest BCUT2D eigenvalue weighted by Gasteiger charge is 1.98. The third-order valence-electron chi connectivity index (χ3n) is 1.58. The molecule has 0 spiro atoms. The molecule has 0 aliphatic carbocycles. The SMILES string of the molecule is CC(=O)CC(=O)O.CCC(C)O.CCC(C)O. The molecule has 0 fully saturated rings. The average molecular weight is 250 g/mol. The molecule has 0 bridgehead atoms. The Kier molecular flexibility index (Phi) is 18.9. The summed E-state index contributed by atoms with van der Waals surface area (Å²) in [6.45, 7) is 8.70. The second-order valence-electron chi connectivity index (χ2n) is 3.79. The van der Waals surface area contributed by atoms with Gasteiger partial charge in [0.25, 0.3) is 0 Å². The molecule has 0 aromatic carbocycles. The zero-order chi connectivity index (χ0) is 14.4. The van der Waals surface area contributed by atoms with Gasteiger partial charge in [-0.1, -0.05) is 13.8 Å². The minimum atomic E-state index is -1.06. The van der Waals surface area contributed by atoms with E-state index in [1.165, 1.54) is 6.92 Å². The number of carbonyl (C=O) groups is 2. The van der Waals surface area contributed by atoms with Crippen molar-refractivity contribution in [3.8, 4) is 0 Å². The van der Waals surface area contributed by atoms with Crippen LogP contribution in [0, 0.1) is 0 Å². The van der Waals surface area contributed by atoms with Crippen LogP contribution in [0.25, 0.3) is 0 Å². The van der Waals surface area contributed by atoms with Gasteiger partial charge in [-0.3, -0.25) is 9.59 Å². The highest BCUT2D eigenvalue weighted by molar-refractivity contribution is 5.93. The fourth-order valence-electron chi connectivity index (χ4n) is 0.213. The second-order valence-corrected chi connectivity index (χ2v) is 3.79. The molecule has 5 nitrogen and oxygen atoms in total. The van der Waals surface area contributed by atoms with Gasteiger partial charge in [0, 0.05) is 0 Å². The predicted octanol–water partition coefficient (Wildman–Crippen LogP) is 1.60. The lowest BCUT2D eigenvalue weighted by molar-refractivity contribution is -0.139. The van der Waals surface area contributed by atoms with Crippen LogP contribution in [0.2, 0.25) is 0 Å². The number of carbonyl (C=O) groups excluding carboxylic acids is 1. The van der Waals surface area contributed by atoms with Crippen molar-refractivity contribution in [3.63, 3.8) is 0 Å². The third kappa shape index (κ3) is 51.5. The molecule has 104 valence electrons. The standard InChI is InChI=1S/C4H6O3.2C4H10O/c1-3(5)2-4(6)7;2*1-3-4(2)5/h2H2,1H3,(H,6,7);2*4-5H,3H2,1-2H3. The normalized spacial score (nSPS) is 12.2. The summed E-state index contributed by atoms with van der Waals surface area (Å²) in [5.74, 6) is -1.37. The van der Waals surface area contributed by atoms with Crippen LogP contribution in [-0.4, -0.2) is 39.3 Å². The number of ketones is 1. The van der Waals surface area contributed by atoms with Gasteiger partial charge in [-0.05, 0) is 33.6 Å². The van der Waals surface area contributed by atoms with E-state index in [1.807, 2.05) is 13.8 Å². The van der Waals surface area contributed by atoms with Gasteiger partial charge in [-0.15, -0.1) is 0 Å². The van der Waals surface area contributed by atoms with Gasteiger partial charge in [0.05, 0.1) is 12.2 Å². The summed E-state index contributed by atoms with van der Waals surface area (Å²) in [4.78, 5) is 19.5. The van der Waals surface area contributed by atoms with Crippen LogP contribution < -0.4 is 0 Å². The number of aliphatic carboxylic acids is 1. The molecule has 17 heavy (non-hydrogen) atoms. The van der Waals surface area contributed by atoms with Crippen LogP contribution in [0.3, 0.4) is 0 Å². The zero-order valence-corrected chi connectivity index (χ0v) is 11.4. The number of carboxylic acid groups (broad SMARTS) is 1. The highest BCUT2D eigenvalue weighted by Crippen LogP contribution is 1.82. The number of hydrogen-bond acceptors (Lipinski definition) is 4. The summed E-state index contributed by atoms with van der Waals surface area (Å²) in [6, 6.07) is 0. The smallest absolute Gasteiger partial charge is 0.310 e. The number of hydrogen-bond donors (Lipinski definition) is 3. The van der Waals surface area contributed by atoms with Gasteiger partial charge in [0.1, 0.15) is 12.2 Å². The molecule has 0 rings (SSSR count). The number of rotatable bonds is 4. The fourth-order valence-corrected chi connectivity index (χ4v) is 0.213. The molecular formula is C12H26O5. The first kappa shape index (κ1) is 21.4. The maximum atomic E-state index is 9.87. The van der Waals surface area contributed by atoms with Gasteiger partial charge < -0.3 is 15.3 Å². The van der Waals surface area contributed by atoms with Crippen molar-refractivity contribution in [2.75, 3.05) is 0 Å². The van der Waals surface area contributed by atoms with E-state index in [1.54, 1.807) is 13.8 Å². The molecule has 0 saturated carbocycles. The first-order valence-corrected chi connectivity index (χ1v) is 5.74. The summed E-state index contributed by atoms with van der Waals surface area (Å²) in [7, 11) is 0. The van der Waals surface area contributed by atoms with Crippen molar-refractivity contribution >= 4 is 11.8 Å². The van der Waals surface area contributed by atoms with Crippen LogP contribution in [0.5, 0.6) is 0 Å². The van der Waals surface area contributed by atoms with Crippen molar-refractivity contribution in [2.24, 2.45) is 0 Å². The molecule has 0 aliphatic rings. The van der Waals surface area contributed by atoms with E-state index in [0.29, 0.717) is 0 Å². The van der Waals surface area contributed by atoms with E-state index >= 15 is 0 Å². The number of Topliss-reactive ketones (excluding diaryl/α,β-unsaturated/α-hetero) is 1. The van der Waals surface area contributed by atoms with Gasteiger partial charge >= 0.3 is 5.97 Å². The first-order chi connectivity index (χ1) is 7.67. The largest absolute Gasteiger partial charge is 0.481 e. The number of aliphatic hydroxyl groups excluding tert-OH is 2. The maximum absolute atomic E-state index is 9.87. The van der Waals surface area contributed by atoms with E-state index in [0.717, 1.165) is 12.8 Å². The Bertz CT molecular complexity index is 167. The Morgan fingerprint density at radius 1 is 1.00 bits per heavy atom. The molecule has 0 saturated heterocycles. The van der Waals surface area contributed by atoms with Crippen molar-refractivity contribution in [1.29, 1.82) is 0 Å². The Morgan fingerprint density at radius 2 is 1.24 bits per heavy atom. The predicted molar refractivity (Wildman–Crippen MR) is 66.9 cm³/mol. The number of aliphatic hydroxyl groups is 2. The summed E-state index contributed by atoms with van der Waals surface area (Å²) in [6.07, 6.45) is 1.13. The van der Waals surface area contributed by atoms with Crippen LogP contribution in [0.4, 0.5) is 0 Å². The molecular weight excluding hydrogens is 224 g/mol. The quantitative estimate of drug-likeness (QED) is 0.659. The summed E-state index contributed by atoms with van der Waals surface area (Å²) >= 11 is 0. The number of carboxylic acids is 1. The molecule has 5 heteroatoms. The van der Waals surface area contributed by atoms with Crippen molar-refractivity contribution in [1.82, 2.24) is 0 Å². The molecule has 2 atom stereocenters. The molecule has 0 aromatic heterocycles. The molecule has 2 unspecified atom stereocenters. The Morgan fingerprint density at radius 3 is 1.24 bits per heavy atom. The monoisotopic (exact) mass is 250 g/mol. The second kappa shape index (κ2) is 15.1. The highest BCUT2D eigenvalue weighted by atomic mass is 16.4. The lowest BCUT2D eigenvalue weighted by Crippen LogP contribution is -2.00. The summed E-state index contributed by atoms with van der Waals surface area (Å²) in [5.41, 5.74) is 0. The van der Waals surface area contributed by atoms with Crippen LogP contribution >= 0.6 is 0 Å². The van der Waals surface area contributed by atoms with Crippen molar-refractivity contribution in [3.05, 3.63) is 0 Å². The molecule has 0 amide bonds. The van der Waals surface area contributed by atoms with E-state index < -0.39 is 5.97 Å². The van der Waals surface area contributed by atoms with E-state index in [4.69, 9.17) is 15.3 Å². The van der Waals surface area contributed by atoms with Crippen LogP contribution in [0.1, 0.15) is 53.9 Å². The lowest BCUT2D eigenvalue weighted by Gasteiger charge is -1.90. The van der Waals surface area contributed by atoms with E-state index in [2.05, 4.69) is 0 Å². The molecule has 0 radical (unpaired) electrons. The van der Waals surface area contributed by atoms with Crippen LogP contribution in [-0.2, 0) is 9.59 Å². The van der Waals surface area contributed by atoms with Crippen LogP contribution in [0.15, 0.2) is 0 Å². The molecule has 3 N–H and O–H groups in total. The Hall–Kier alpha value is -0.940. The lowest BCUT2D eigenvalue weighted by atomic mass is 10.3. The van der Waals surface area contributed by atoms with Crippen molar-refractivity contribution < 1.29 is 24.9 Å². The zero-order valence-electron chi connectivity index (χ0n) is 11.4. The van der Waals surface area contributed by atoms with Crippen molar-refractivity contribution in [2.45, 2.75) is 66.1 Å². The first-order valence-electron chi connectivity index (χ1n) is 5.74. The van der Waals surface area contributed by atoms with Gasteiger partial charge in [-0.2, -0.15) is 0 Å². The fraction of sp³-hybridized carbons (Fsp3) is 0.833. The average Bonchev–Trinajstić information content (AvgIpc) is 2.17. The molecule has 0 aromatic rings. The third-order valence-corrected chi connectivity index (χ3v) is 1.58. The molecule has 0 heterocycles. The van der Waals surface area contributed by atoms with E-state index in [9.17, 15) is 9.59 Å².